The summed E-state index contributed by atoms with van der Waals surface area (Å²) in [5, 5.41) is 0. The van der Waals surface area contributed by atoms with Crippen LogP contribution in [0.5, 0.6) is 0 Å². The molecule has 0 fully saturated rings. The molecule has 5 heteroatoms. The van der Waals surface area contributed by atoms with Crippen molar-refractivity contribution in [3.05, 3.63) is 35.9 Å². The maximum atomic E-state index is 12.2. The fraction of sp³-hybridized carbons (Fsp3) is 0.143. The Bertz CT molecular complexity index is 334. The predicted octanol–water partition coefficient (Wildman–Crippen LogP) is 1.75. The van der Waals surface area contributed by atoms with Gasteiger partial charge in [0.15, 0.2) is 0 Å². The molecule has 2 nitrogen and oxygen atoms in total. The molecule has 0 spiro atoms. The third kappa shape index (κ3) is 3.75. The zero-order chi connectivity index (χ0) is 9.03. The van der Waals surface area contributed by atoms with Crippen LogP contribution in [-0.2, 0) is 31.1 Å². The van der Waals surface area contributed by atoms with Gasteiger partial charge >= 0.3 is 9.16 Å². The summed E-state index contributed by atoms with van der Waals surface area (Å²) in [4.78, 5) is 0. The lowest BCUT2D eigenvalue weighted by atomic mass is 10.2. The molecule has 12 heavy (non-hydrogen) atoms. The highest BCUT2D eigenvalue weighted by Crippen LogP contribution is 2.04. The molecule has 0 radical (unpaired) electrons. The van der Waals surface area contributed by atoms with Crippen molar-refractivity contribution in [3.63, 3.8) is 0 Å². The van der Waals surface area contributed by atoms with E-state index >= 15 is 0 Å². The van der Waals surface area contributed by atoms with Gasteiger partial charge in [-0.3, -0.25) is 4.18 Å². The van der Waals surface area contributed by atoms with E-state index < -0.39 is 9.16 Å². The van der Waals surface area contributed by atoms with Gasteiger partial charge in [-0.1, -0.05) is 30.3 Å². The Morgan fingerprint density at radius 2 is 2.00 bits per heavy atom. The van der Waals surface area contributed by atoms with Crippen LogP contribution in [0.15, 0.2) is 30.3 Å². The van der Waals surface area contributed by atoms with Crippen molar-refractivity contribution in [2.75, 3.05) is 0 Å². The molecule has 1 aromatic carbocycles. The molecule has 0 heterocycles. The number of hydrogen-bond donors (Lipinski definition) is 0. The standard InChI is InChI=1S/C7H7FO2S2/c8-12(9,11)10-6-7-4-2-1-3-5-7/h1-5H,6H2. The largest absolute Gasteiger partial charge is 0.305 e. The van der Waals surface area contributed by atoms with E-state index in [0.717, 1.165) is 5.56 Å². The second-order valence-corrected chi connectivity index (χ2v) is 4.36. The maximum Gasteiger partial charge on any atom is 0.305 e. The van der Waals surface area contributed by atoms with Crippen molar-refractivity contribution >= 4 is 20.3 Å². The summed E-state index contributed by atoms with van der Waals surface area (Å²) in [5.41, 5.74) is 0.743. The van der Waals surface area contributed by atoms with E-state index in [4.69, 9.17) is 0 Å². The number of halogens is 1. The fourth-order valence-corrected chi connectivity index (χ4v) is 1.13. The lowest BCUT2D eigenvalue weighted by Gasteiger charge is -1.99. The molecule has 0 amide bonds. The third-order valence-corrected chi connectivity index (χ3v) is 1.90. The molecule has 66 valence electrons. The maximum absolute atomic E-state index is 12.2. The van der Waals surface area contributed by atoms with Crippen molar-refractivity contribution < 1.29 is 12.3 Å². The number of benzene rings is 1. The Labute approximate surface area is 75.5 Å². The third-order valence-electron chi connectivity index (χ3n) is 1.21. The molecule has 0 N–H and O–H groups in total. The molecule has 1 unspecified atom stereocenters. The molecule has 0 aliphatic heterocycles. The lowest BCUT2D eigenvalue weighted by Crippen LogP contribution is -1.96. The Kier molecular flexibility index (Phi) is 3.13. The van der Waals surface area contributed by atoms with Gasteiger partial charge in [-0.15, -0.1) is 3.89 Å². The van der Waals surface area contributed by atoms with Crippen LogP contribution in [0.2, 0.25) is 0 Å². The van der Waals surface area contributed by atoms with Crippen LogP contribution in [0.1, 0.15) is 5.56 Å². The van der Waals surface area contributed by atoms with Crippen LogP contribution in [0.3, 0.4) is 0 Å². The smallest absolute Gasteiger partial charge is 0.261 e. The summed E-state index contributed by atoms with van der Waals surface area (Å²) in [6.45, 7) is -0.0559. The topological polar surface area (TPSA) is 26.3 Å². The lowest BCUT2D eigenvalue weighted by molar-refractivity contribution is 0.316. The van der Waals surface area contributed by atoms with Gasteiger partial charge in [0.1, 0.15) is 0 Å². The van der Waals surface area contributed by atoms with Crippen LogP contribution in [0.25, 0.3) is 0 Å². The first-order chi connectivity index (χ1) is 5.58. The van der Waals surface area contributed by atoms with Crippen molar-refractivity contribution in [1.29, 1.82) is 0 Å². The summed E-state index contributed by atoms with van der Waals surface area (Å²) < 4.78 is 26.8. The van der Waals surface area contributed by atoms with Crippen LogP contribution in [0.4, 0.5) is 3.89 Å². The molecule has 1 rings (SSSR count). The van der Waals surface area contributed by atoms with Crippen LogP contribution < -0.4 is 0 Å². The van der Waals surface area contributed by atoms with E-state index in [-0.39, 0.29) is 6.61 Å². The van der Waals surface area contributed by atoms with Gasteiger partial charge < -0.3 is 0 Å². The van der Waals surface area contributed by atoms with Crippen LogP contribution in [-0.4, -0.2) is 4.21 Å². The van der Waals surface area contributed by atoms with Gasteiger partial charge in [-0.05, 0) is 5.56 Å². The van der Waals surface area contributed by atoms with Gasteiger partial charge in [0, 0.05) is 11.2 Å². The second kappa shape index (κ2) is 3.93. The molecule has 1 aromatic rings. The normalized spacial score (nSPS) is 15.4. The van der Waals surface area contributed by atoms with Crippen LogP contribution >= 0.6 is 0 Å². The van der Waals surface area contributed by atoms with E-state index in [1.54, 1.807) is 24.3 Å². The fourth-order valence-electron chi connectivity index (χ4n) is 0.713. The molecule has 0 saturated carbocycles. The number of rotatable bonds is 3. The van der Waals surface area contributed by atoms with Gasteiger partial charge in [0.2, 0.25) is 0 Å². The summed E-state index contributed by atoms with van der Waals surface area (Å²) in [5.74, 6) is 0. The van der Waals surface area contributed by atoms with Crippen molar-refractivity contribution in [2.24, 2.45) is 0 Å². The first-order valence-corrected chi connectivity index (χ1v) is 5.52. The van der Waals surface area contributed by atoms with Crippen molar-refractivity contribution in [2.45, 2.75) is 6.61 Å². The predicted molar refractivity (Wildman–Crippen MR) is 47.8 cm³/mol. The molecule has 0 bridgehead atoms. The average Bonchev–Trinajstić information content (AvgIpc) is 2.02. The SMILES string of the molecule is O=S(F)(=S)OCc1ccccc1. The molecule has 0 saturated heterocycles. The van der Waals surface area contributed by atoms with E-state index in [1.807, 2.05) is 6.07 Å². The van der Waals surface area contributed by atoms with Gasteiger partial charge in [0.05, 0.1) is 6.61 Å². The Morgan fingerprint density at radius 3 is 2.50 bits per heavy atom. The van der Waals surface area contributed by atoms with Crippen molar-refractivity contribution in [1.82, 2.24) is 0 Å². The Morgan fingerprint density at radius 1 is 1.42 bits per heavy atom. The molecule has 1 atom stereocenters. The zero-order valence-corrected chi connectivity index (χ0v) is 7.74. The quantitative estimate of drug-likeness (QED) is 0.705. The van der Waals surface area contributed by atoms with Gasteiger partial charge in [-0.2, -0.15) is 4.21 Å². The minimum absolute atomic E-state index is 0.0559. The first-order valence-electron chi connectivity index (χ1n) is 3.21. The highest BCUT2D eigenvalue weighted by atomic mass is 32.9. The summed E-state index contributed by atoms with van der Waals surface area (Å²) in [7, 11) is -3.99. The highest BCUT2D eigenvalue weighted by Gasteiger charge is 2.01. The minimum atomic E-state index is -3.99. The summed E-state index contributed by atoms with van der Waals surface area (Å²) >= 11 is 3.92. The second-order valence-electron chi connectivity index (χ2n) is 2.14. The summed E-state index contributed by atoms with van der Waals surface area (Å²) in [6.07, 6.45) is 0. The summed E-state index contributed by atoms with van der Waals surface area (Å²) in [6, 6.07) is 8.86. The highest BCUT2D eigenvalue weighted by molar-refractivity contribution is 8.27. The molecular formula is C7H7FO2S2. The Hall–Kier alpha value is -0.520. The van der Waals surface area contributed by atoms with Crippen LogP contribution in [0, 0.1) is 0 Å². The van der Waals surface area contributed by atoms with Gasteiger partial charge in [-0.25, -0.2) is 0 Å². The van der Waals surface area contributed by atoms with Crippen molar-refractivity contribution in [3.8, 4) is 0 Å². The molecule has 0 aliphatic rings. The van der Waals surface area contributed by atoms with E-state index in [0.29, 0.717) is 0 Å². The Balaban J connectivity index is 2.56. The van der Waals surface area contributed by atoms with E-state index in [2.05, 4.69) is 15.4 Å². The van der Waals surface area contributed by atoms with E-state index in [9.17, 15) is 8.09 Å². The number of hydrogen-bond acceptors (Lipinski definition) is 3. The minimum Gasteiger partial charge on any atom is -0.261 e. The monoisotopic (exact) mass is 206 g/mol. The molecular weight excluding hydrogens is 199 g/mol. The first kappa shape index (κ1) is 9.57. The average molecular weight is 206 g/mol. The van der Waals surface area contributed by atoms with E-state index in [1.165, 1.54) is 0 Å². The molecule has 0 aromatic heterocycles. The zero-order valence-electron chi connectivity index (χ0n) is 6.10. The van der Waals surface area contributed by atoms with Gasteiger partial charge in [0.25, 0.3) is 0 Å². The molecule has 0 aliphatic carbocycles.